The fraction of sp³-hybridized carbons (Fsp3) is 0.621. The minimum atomic E-state index is -4.50. The first-order valence-electron chi connectivity index (χ1n) is 13.5. The van der Waals surface area contributed by atoms with E-state index in [-0.39, 0.29) is 26.2 Å². The monoisotopic (exact) mass is 555 g/mol. The van der Waals surface area contributed by atoms with E-state index in [2.05, 4.69) is 61.6 Å². The standard InChI is InChI=1S/C29H50NO7P/c1-6-8-9-10-11-12-13-14-15-16-17-18-19-20-21-22-24-34-26-28(37-29(31)7-2)27-36-38(32,33)35-25-23-30(3,4)5/h8-9,11-12,14-15,17-18,20-21,28H,6-7,10,13,16,19,22-27H2,1-5H3/b9-8-,12-11-,15-14-,18-17-,21-20-. The van der Waals surface area contributed by atoms with Crippen molar-refractivity contribution in [1.29, 1.82) is 0 Å². The molecule has 0 spiro atoms. The Bertz CT molecular complexity index is 797. The van der Waals surface area contributed by atoms with Crippen LogP contribution in [-0.4, -0.2) is 70.7 Å². The molecule has 0 saturated heterocycles. The van der Waals surface area contributed by atoms with E-state index in [4.69, 9.17) is 18.5 Å². The molecule has 0 heterocycles. The van der Waals surface area contributed by atoms with Crippen LogP contribution in [0.4, 0.5) is 0 Å². The van der Waals surface area contributed by atoms with Crippen molar-refractivity contribution in [1.82, 2.24) is 0 Å². The van der Waals surface area contributed by atoms with Gasteiger partial charge in [0.2, 0.25) is 0 Å². The highest BCUT2D eigenvalue weighted by atomic mass is 31.2. The van der Waals surface area contributed by atoms with E-state index in [1.165, 1.54) is 0 Å². The molecule has 2 unspecified atom stereocenters. The Labute approximate surface area is 230 Å². The van der Waals surface area contributed by atoms with Crippen molar-refractivity contribution in [2.75, 3.05) is 54.1 Å². The van der Waals surface area contributed by atoms with Gasteiger partial charge in [-0.25, -0.2) is 0 Å². The van der Waals surface area contributed by atoms with Gasteiger partial charge in [0.15, 0.2) is 0 Å². The maximum absolute atomic E-state index is 12.0. The third-order valence-electron chi connectivity index (χ3n) is 4.91. The van der Waals surface area contributed by atoms with Crippen LogP contribution in [0.5, 0.6) is 0 Å². The van der Waals surface area contributed by atoms with Crippen molar-refractivity contribution >= 4 is 13.8 Å². The summed E-state index contributed by atoms with van der Waals surface area (Å²) in [4.78, 5) is 23.7. The average Bonchev–Trinajstić information content (AvgIpc) is 2.85. The van der Waals surface area contributed by atoms with Crippen LogP contribution in [0.15, 0.2) is 60.8 Å². The molecule has 9 heteroatoms. The summed E-state index contributed by atoms with van der Waals surface area (Å²) < 4.78 is 33.2. The number of esters is 1. The quantitative estimate of drug-likeness (QED) is 0.0527. The van der Waals surface area contributed by atoms with E-state index >= 15 is 0 Å². The molecule has 0 aromatic carbocycles. The number of nitrogens with zero attached hydrogens (tertiary/aromatic N) is 1. The summed E-state index contributed by atoms with van der Waals surface area (Å²) in [6, 6.07) is 0. The lowest BCUT2D eigenvalue weighted by Crippen LogP contribution is -2.37. The van der Waals surface area contributed by atoms with Gasteiger partial charge in [-0.2, -0.15) is 0 Å². The first kappa shape index (κ1) is 36.2. The molecule has 218 valence electrons. The summed E-state index contributed by atoms with van der Waals surface area (Å²) in [5.41, 5.74) is 0. The summed E-state index contributed by atoms with van der Waals surface area (Å²) in [5, 5.41) is 0. The zero-order valence-corrected chi connectivity index (χ0v) is 25.0. The fourth-order valence-corrected chi connectivity index (χ4v) is 3.49. The van der Waals surface area contributed by atoms with Gasteiger partial charge < -0.3 is 27.9 Å². The van der Waals surface area contributed by atoms with E-state index in [9.17, 15) is 14.3 Å². The third kappa shape index (κ3) is 25.8. The minimum absolute atomic E-state index is 0.00738. The van der Waals surface area contributed by atoms with Crippen LogP contribution in [0.25, 0.3) is 0 Å². The lowest BCUT2D eigenvalue weighted by Gasteiger charge is -2.28. The topological polar surface area (TPSA) is 94.1 Å². The van der Waals surface area contributed by atoms with Crippen LogP contribution >= 0.6 is 7.82 Å². The normalized spacial score (nSPS) is 15.4. The number of hydrogen-bond acceptors (Lipinski definition) is 7. The number of quaternary nitrogens is 1. The zero-order chi connectivity index (χ0) is 28.5. The van der Waals surface area contributed by atoms with Gasteiger partial charge in [-0.15, -0.1) is 0 Å². The molecule has 0 aromatic heterocycles. The number of hydrogen-bond donors (Lipinski definition) is 0. The third-order valence-corrected chi connectivity index (χ3v) is 5.87. The molecule has 38 heavy (non-hydrogen) atoms. The van der Waals surface area contributed by atoms with Gasteiger partial charge in [-0.05, 0) is 38.5 Å². The first-order valence-corrected chi connectivity index (χ1v) is 15.0. The minimum Gasteiger partial charge on any atom is -0.756 e. The molecule has 0 N–H and O–H groups in total. The predicted molar refractivity (Wildman–Crippen MR) is 152 cm³/mol. The molecule has 0 bridgehead atoms. The van der Waals surface area contributed by atoms with Gasteiger partial charge in [-0.3, -0.25) is 9.36 Å². The summed E-state index contributed by atoms with van der Waals surface area (Å²) in [6.45, 7) is 4.41. The predicted octanol–water partition coefficient (Wildman–Crippen LogP) is 5.67. The van der Waals surface area contributed by atoms with Crippen molar-refractivity contribution in [3.63, 3.8) is 0 Å². The van der Waals surface area contributed by atoms with Crippen LogP contribution in [-0.2, 0) is 27.9 Å². The molecule has 8 nitrogen and oxygen atoms in total. The summed E-state index contributed by atoms with van der Waals surface area (Å²) in [6.07, 6.45) is 26.2. The van der Waals surface area contributed by atoms with Gasteiger partial charge in [-0.1, -0.05) is 74.6 Å². The van der Waals surface area contributed by atoms with Gasteiger partial charge in [0.05, 0.1) is 41.0 Å². The van der Waals surface area contributed by atoms with Crippen molar-refractivity contribution in [2.45, 2.75) is 64.9 Å². The molecule has 0 aliphatic carbocycles. The number of allylic oxidation sites excluding steroid dienone is 9. The lowest BCUT2D eigenvalue weighted by atomic mass is 10.2. The molecule has 2 atom stereocenters. The van der Waals surface area contributed by atoms with Crippen LogP contribution in [0.2, 0.25) is 0 Å². The summed E-state index contributed by atoms with van der Waals surface area (Å²) >= 11 is 0. The fourth-order valence-electron chi connectivity index (χ4n) is 2.76. The van der Waals surface area contributed by atoms with E-state index in [1.807, 2.05) is 27.2 Å². The Hall–Kier alpha value is -1.80. The highest BCUT2D eigenvalue weighted by Gasteiger charge is 2.19. The van der Waals surface area contributed by atoms with Crippen LogP contribution in [0.3, 0.4) is 0 Å². The number of ether oxygens (including phenoxy) is 2. The van der Waals surface area contributed by atoms with E-state index in [0.29, 0.717) is 24.1 Å². The van der Waals surface area contributed by atoms with Gasteiger partial charge in [0, 0.05) is 6.42 Å². The Balaban J connectivity index is 4.14. The molecule has 0 aromatic rings. The van der Waals surface area contributed by atoms with E-state index < -0.39 is 19.9 Å². The number of likely N-dealkylation sites (N-methyl/N-ethyl adjacent to an activating group) is 1. The highest BCUT2D eigenvalue weighted by molar-refractivity contribution is 7.45. The maximum Gasteiger partial charge on any atom is 0.305 e. The van der Waals surface area contributed by atoms with E-state index in [1.54, 1.807) is 6.92 Å². The summed E-state index contributed by atoms with van der Waals surface area (Å²) in [7, 11) is 1.29. The molecular formula is C29H50NO7P. The average molecular weight is 556 g/mol. The second kappa shape index (κ2) is 23.1. The molecule has 0 aliphatic heterocycles. The van der Waals surface area contributed by atoms with Crippen LogP contribution < -0.4 is 4.89 Å². The van der Waals surface area contributed by atoms with Crippen molar-refractivity contribution in [2.24, 2.45) is 0 Å². The summed E-state index contributed by atoms with van der Waals surface area (Å²) in [5.74, 6) is -0.452. The molecule has 0 radical (unpaired) electrons. The smallest absolute Gasteiger partial charge is 0.305 e. The Morgan fingerprint density at radius 2 is 1.32 bits per heavy atom. The van der Waals surface area contributed by atoms with Gasteiger partial charge in [0.1, 0.15) is 19.3 Å². The van der Waals surface area contributed by atoms with Crippen LogP contribution in [0, 0.1) is 0 Å². The number of carbonyl (C=O) groups is 1. The highest BCUT2D eigenvalue weighted by Crippen LogP contribution is 2.38. The zero-order valence-electron chi connectivity index (χ0n) is 24.1. The van der Waals surface area contributed by atoms with Crippen molar-refractivity contribution in [3.8, 4) is 0 Å². The molecular weight excluding hydrogens is 505 g/mol. The van der Waals surface area contributed by atoms with Gasteiger partial charge >= 0.3 is 5.97 Å². The maximum atomic E-state index is 12.0. The van der Waals surface area contributed by atoms with E-state index in [0.717, 1.165) is 32.1 Å². The Morgan fingerprint density at radius 1 is 0.789 bits per heavy atom. The second-order valence-electron chi connectivity index (χ2n) is 9.63. The number of carbonyl (C=O) groups excluding carboxylic acids is 1. The van der Waals surface area contributed by atoms with Crippen molar-refractivity contribution < 1.29 is 37.3 Å². The largest absolute Gasteiger partial charge is 0.756 e. The molecule has 0 aliphatic rings. The molecule has 0 rings (SSSR count). The second-order valence-corrected chi connectivity index (χ2v) is 11.0. The molecule has 0 fully saturated rings. The number of rotatable bonds is 23. The number of phosphoric ester groups is 1. The van der Waals surface area contributed by atoms with Crippen LogP contribution in [0.1, 0.15) is 58.8 Å². The Kier molecular flexibility index (Phi) is 22.0. The molecule has 0 saturated carbocycles. The lowest BCUT2D eigenvalue weighted by molar-refractivity contribution is -0.870. The first-order chi connectivity index (χ1) is 18.1. The Morgan fingerprint density at radius 3 is 1.82 bits per heavy atom. The molecule has 0 amide bonds. The SMILES string of the molecule is CC/C=C\C/C=C\C/C=C\C/C=C\C/C=C\CCOCC(COP(=O)([O-])OCC[N+](C)(C)C)OC(=O)CC. The number of phosphoric acid groups is 1. The van der Waals surface area contributed by atoms with Gasteiger partial charge in [0.25, 0.3) is 7.82 Å². The van der Waals surface area contributed by atoms with Crippen molar-refractivity contribution in [3.05, 3.63) is 60.8 Å².